The number of amides is 1. The predicted molar refractivity (Wildman–Crippen MR) is 96.5 cm³/mol. The lowest BCUT2D eigenvalue weighted by Crippen LogP contribution is -2.33. The third-order valence-electron chi connectivity index (χ3n) is 4.70. The van der Waals surface area contributed by atoms with E-state index < -0.39 is 0 Å². The first-order valence-electron chi connectivity index (χ1n) is 8.76. The summed E-state index contributed by atoms with van der Waals surface area (Å²) < 4.78 is 0. The molecule has 1 aliphatic rings. The fourth-order valence-electron chi connectivity index (χ4n) is 3.27. The number of hydrogen-bond donors (Lipinski definition) is 1. The van der Waals surface area contributed by atoms with Crippen LogP contribution in [0.25, 0.3) is 0 Å². The monoisotopic (exact) mass is 323 g/mol. The summed E-state index contributed by atoms with van der Waals surface area (Å²) in [7, 11) is 0. The molecule has 0 saturated carbocycles. The highest BCUT2D eigenvalue weighted by molar-refractivity contribution is 5.90. The van der Waals surface area contributed by atoms with Gasteiger partial charge >= 0.3 is 0 Å². The third-order valence-corrected chi connectivity index (χ3v) is 4.70. The first-order valence-corrected chi connectivity index (χ1v) is 8.76. The van der Waals surface area contributed by atoms with E-state index >= 15 is 0 Å². The van der Waals surface area contributed by atoms with Crippen LogP contribution in [0.4, 0.5) is 5.69 Å². The van der Waals surface area contributed by atoms with Gasteiger partial charge in [0.15, 0.2) is 0 Å². The number of aromatic nitrogens is 1. The third kappa shape index (κ3) is 5.17. The summed E-state index contributed by atoms with van der Waals surface area (Å²) in [6.07, 6.45) is 7.35. The zero-order valence-corrected chi connectivity index (χ0v) is 14.0. The van der Waals surface area contributed by atoms with Gasteiger partial charge in [-0.15, -0.1) is 0 Å². The molecule has 4 nitrogen and oxygen atoms in total. The van der Waals surface area contributed by atoms with Gasteiger partial charge in [-0.05, 0) is 56.0 Å². The Balaban J connectivity index is 1.36. The van der Waals surface area contributed by atoms with Crippen molar-refractivity contribution in [3.05, 3.63) is 60.4 Å². The smallest absolute Gasteiger partial charge is 0.224 e. The normalized spacial score (nSPS) is 16.0. The summed E-state index contributed by atoms with van der Waals surface area (Å²) >= 11 is 0. The lowest BCUT2D eigenvalue weighted by Gasteiger charge is -2.31. The molecular weight excluding hydrogens is 298 g/mol. The van der Waals surface area contributed by atoms with Gasteiger partial charge in [-0.3, -0.25) is 14.7 Å². The minimum absolute atomic E-state index is 0.105. The summed E-state index contributed by atoms with van der Waals surface area (Å²) in [6, 6.07) is 14.3. The van der Waals surface area contributed by atoms with Crippen molar-refractivity contribution in [1.29, 1.82) is 0 Å². The average molecular weight is 323 g/mol. The largest absolute Gasteiger partial charge is 0.326 e. The van der Waals surface area contributed by atoms with Crippen molar-refractivity contribution in [2.45, 2.75) is 32.2 Å². The molecule has 1 N–H and O–H groups in total. The first kappa shape index (κ1) is 16.7. The topological polar surface area (TPSA) is 45.2 Å². The predicted octanol–water partition coefficient (Wildman–Crippen LogP) is 3.71. The quantitative estimate of drug-likeness (QED) is 0.881. The molecule has 2 aromatic rings. The van der Waals surface area contributed by atoms with Crippen LogP contribution in [-0.2, 0) is 11.3 Å². The minimum atomic E-state index is 0.105. The molecule has 0 spiro atoms. The van der Waals surface area contributed by atoms with E-state index in [1.807, 2.05) is 12.1 Å². The molecule has 1 aromatic carbocycles. The molecule has 1 aromatic heterocycles. The Morgan fingerprint density at radius 3 is 2.50 bits per heavy atom. The maximum absolute atomic E-state index is 12.0. The Hall–Kier alpha value is -2.20. The van der Waals surface area contributed by atoms with E-state index in [4.69, 9.17) is 0 Å². The van der Waals surface area contributed by atoms with Gasteiger partial charge in [0.25, 0.3) is 0 Å². The number of rotatable bonds is 6. The molecule has 2 heterocycles. The molecule has 0 atom stereocenters. The number of piperidine rings is 1. The SMILES string of the molecule is O=C(CCC1CCN(Cc2ccccc2)CC1)Nc1ccncc1. The Kier molecular flexibility index (Phi) is 5.96. The Labute approximate surface area is 143 Å². The number of nitrogens with zero attached hydrogens (tertiary/aromatic N) is 2. The van der Waals surface area contributed by atoms with Gasteiger partial charge in [0.2, 0.25) is 5.91 Å². The van der Waals surface area contributed by atoms with Gasteiger partial charge in [0, 0.05) is 31.0 Å². The summed E-state index contributed by atoms with van der Waals surface area (Å²) in [5.74, 6) is 0.771. The summed E-state index contributed by atoms with van der Waals surface area (Å²) in [5.41, 5.74) is 2.21. The number of anilines is 1. The molecule has 1 fully saturated rings. The number of carbonyl (C=O) groups excluding carboxylic acids is 1. The van der Waals surface area contributed by atoms with Gasteiger partial charge in [-0.2, -0.15) is 0 Å². The van der Waals surface area contributed by atoms with Crippen LogP contribution in [0.1, 0.15) is 31.2 Å². The minimum Gasteiger partial charge on any atom is -0.326 e. The maximum atomic E-state index is 12.0. The molecule has 4 heteroatoms. The zero-order valence-electron chi connectivity index (χ0n) is 14.0. The standard InChI is InChI=1S/C20H25N3O/c24-20(22-19-8-12-21-13-9-19)7-6-17-10-14-23(15-11-17)16-18-4-2-1-3-5-18/h1-5,8-9,12-13,17H,6-7,10-11,14-16H2,(H,21,22,24). The van der Waals surface area contributed by atoms with Crippen LogP contribution in [0, 0.1) is 5.92 Å². The van der Waals surface area contributed by atoms with Gasteiger partial charge < -0.3 is 5.32 Å². The lowest BCUT2D eigenvalue weighted by atomic mass is 9.92. The first-order chi connectivity index (χ1) is 11.8. The van der Waals surface area contributed by atoms with Crippen molar-refractivity contribution in [2.24, 2.45) is 5.92 Å². The molecule has 24 heavy (non-hydrogen) atoms. The molecule has 0 unspecified atom stereocenters. The average Bonchev–Trinajstić information content (AvgIpc) is 2.63. The van der Waals surface area contributed by atoms with Gasteiger partial charge in [-0.1, -0.05) is 30.3 Å². The molecular formula is C20H25N3O. The highest BCUT2D eigenvalue weighted by Gasteiger charge is 2.19. The second kappa shape index (κ2) is 8.60. The Bertz CT molecular complexity index is 622. The van der Waals surface area contributed by atoms with E-state index in [0.717, 1.165) is 31.7 Å². The molecule has 1 amide bonds. The summed E-state index contributed by atoms with van der Waals surface area (Å²) in [5, 5.41) is 2.93. The van der Waals surface area contributed by atoms with Gasteiger partial charge in [0.1, 0.15) is 0 Å². The van der Waals surface area contributed by atoms with Crippen LogP contribution < -0.4 is 5.32 Å². The Morgan fingerprint density at radius 2 is 1.79 bits per heavy atom. The van der Waals surface area contributed by atoms with Crippen LogP contribution >= 0.6 is 0 Å². The molecule has 1 saturated heterocycles. The Morgan fingerprint density at radius 1 is 1.08 bits per heavy atom. The fourth-order valence-corrected chi connectivity index (χ4v) is 3.27. The van der Waals surface area contributed by atoms with Crippen molar-refractivity contribution in [3.8, 4) is 0 Å². The van der Waals surface area contributed by atoms with Crippen molar-refractivity contribution in [2.75, 3.05) is 18.4 Å². The number of hydrogen-bond acceptors (Lipinski definition) is 3. The highest BCUT2D eigenvalue weighted by Crippen LogP contribution is 2.23. The number of pyridine rings is 1. The van der Waals surface area contributed by atoms with Crippen LogP contribution in [0.5, 0.6) is 0 Å². The van der Waals surface area contributed by atoms with E-state index in [1.165, 1.54) is 18.4 Å². The van der Waals surface area contributed by atoms with Crippen molar-refractivity contribution < 1.29 is 4.79 Å². The van der Waals surface area contributed by atoms with E-state index in [-0.39, 0.29) is 5.91 Å². The highest BCUT2D eigenvalue weighted by atomic mass is 16.1. The van der Waals surface area contributed by atoms with Crippen LogP contribution in [-0.4, -0.2) is 28.9 Å². The second-order valence-corrected chi connectivity index (χ2v) is 6.53. The van der Waals surface area contributed by atoms with Crippen LogP contribution in [0.2, 0.25) is 0 Å². The number of carbonyl (C=O) groups is 1. The molecule has 126 valence electrons. The van der Waals surface area contributed by atoms with E-state index in [1.54, 1.807) is 12.4 Å². The van der Waals surface area contributed by atoms with Crippen molar-refractivity contribution in [1.82, 2.24) is 9.88 Å². The van der Waals surface area contributed by atoms with Crippen LogP contribution in [0.3, 0.4) is 0 Å². The zero-order chi connectivity index (χ0) is 16.6. The molecule has 3 rings (SSSR count). The van der Waals surface area contributed by atoms with Gasteiger partial charge in [0.05, 0.1) is 0 Å². The molecule has 0 aliphatic carbocycles. The van der Waals surface area contributed by atoms with E-state index in [0.29, 0.717) is 12.3 Å². The fraction of sp³-hybridized carbons (Fsp3) is 0.400. The second-order valence-electron chi connectivity index (χ2n) is 6.53. The molecule has 1 aliphatic heterocycles. The van der Waals surface area contributed by atoms with Crippen molar-refractivity contribution in [3.63, 3.8) is 0 Å². The molecule has 0 radical (unpaired) electrons. The van der Waals surface area contributed by atoms with E-state index in [9.17, 15) is 4.79 Å². The van der Waals surface area contributed by atoms with Crippen molar-refractivity contribution >= 4 is 11.6 Å². The van der Waals surface area contributed by atoms with E-state index in [2.05, 4.69) is 45.5 Å². The number of likely N-dealkylation sites (tertiary alicyclic amines) is 1. The van der Waals surface area contributed by atoms with Gasteiger partial charge in [-0.25, -0.2) is 0 Å². The molecule has 0 bridgehead atoms. The summed E-state index contributed by atoms with van der Waals surface area (Å²) in [4.78, 5) is 18.5. The van der Waals surface area contributed by atoms with Crippen LogP contribution in [0.15, 0.2) is 54.9 Å². The lowest BCUT2D eigenvalue weighted by molar-refractivity contribution is -0.116. The number of benzene rings is 1. The maximum Gasteiger partial charge on any atom is 0.224 e. The summed E-state index contributed by atoms with van der Waals surface area (Å²) in [6.45, 7) is 3.30. The number of nitrogens with one attached hydrogen (secondary N) is 1.